The number of hydrogen-bond donors (Lipinski definition) is 4. The Morgan fingerprint density at radius 2 is 1.75 bits per heavy atom. The molecule has 6 nitrogen and oxygen atoms in total. The van der Waals surface area contributed by atoms with Crippen molar-refractivity contribution in [2.75, 3.05) is 11.1 Å². The number of aromatic amines is 1. The highest BCUT2D eigenvalue weighted by Crippen LogP contribution is 2.37. The molecule has 0 saturated carbocycles. The van der Waals surface area contributed by atoms with Crippen molar-refractivity contribution in [1.29, 1.82) is 0 Å². The zero-order valence-electron chi connectivity index (χ0n) is 18.3. The molecule has 0 unspecified atom stereocenters. The highest BCUT2D eigenvalue weighted by Gasteiger charge is 2.14. The second-order valence-electron chi connectivity index (χ2n) is 6.68. The number of rotatable bonds is 5. The number of nitrogens with one attached hydrogen (secondary N) is 3. The first kappa shape index (κ1) is 22.4. The van der Waals surface area contributed by atoms with Crippen LogP contribution in [0.15, 0.2) is 91.7 Å². The number of aromatic nitrogens is 2. The number of anilines is 2. The van der Waals surface area contributed by atoms with Crippen LogP contribution in [0.2, 0.25) is 0 Å². The molecule has 1 aromatic heterocycles. The minimum Gasteiger partial charge on any atom is -0.382 e. The lowest BCUT2D eigenvalue weighted by Gasteiger charge is -2.14. The Balaban J connectivity index is 0.00000141. The maximum absolute atomic E-state index is 12.5. The number of amides is 2. The number of carbonyl (C=O) groups excluding carboxylic acids is 1. The lowest BCUT2D eigenvalue weighted by molar-refractivity contribution is 0.254. The number of hydrogen-bond acceptors (Lipinski definition) is 3. The molecular formula is C26H27N5O. The number of carbonyl (C=O) groups is 1. The van der Waals surface area contributed by atoms with Gasteiger partial charge in [0.1, 0.15) is 0 Å². The van der Waals surface area contributed by atoms with Crippen LogP contribution in [0.1, 0.15) is 13.8 Å². The Morgan fingerprint density at radius 3 is 2.47 bits per heavy atom. The van der Waals surface area contributed by atoms with Crippen molar-refractivity contribution in [3.63, 3.8) is 0 Å². The minimum atomic E-state index is -0.359. The van der Waals surface area contributed by atoms with E-state index in [1.54, 1.807) is 18.2 Å². The summed E-state index contributed by atoms with van der Waals surface area (Å²) in [4.78, 5) is 12.5. The van der Waals surface area contributed by atoms with Crippen molar-refractivity contribution in [3.8, 4) is 11.1 Å². The van der Waals surface area contributed by atoms with Gasteiger partial charge in [0.05, 0.1) is 16.6 Å². The number of nitrogens with two attached hydrogens (primary N) is 1. The fourth-order valence-corrected chi connectivity index (χ4v) is 3.54. The second-order valence-corrected chi connectivity index (χ2v) is 6.68. The van der Waals surface area contributed by atoms with Crippen molar-refractivity contribution in [1.82, 2.24) is 15.5 Å². The van der Waals surface area contributed by atoms with Crippen molar-refractivity contribution in [2.24, 2.45) is 0 Å². The monoisotopic (exact) mass is 425 g/mol. The summed E-state index contributed by atoms with van der Waals surface area (Å²) in [5.74, 6) is 0.456. The second kappa shape index (κ2) is 10.1. The van der Waals surface area contributed by atoms with Crippen LogP contribution in [0.4, 0.5) is 16.3 Å². The molecule has 0 aliphatic rings. The van der Waals surface area contributed by atoms with Crippen LogP contribution in [-0.2, 0) is 0 Å². The Kier molecular flexibility index (Phi) is 7.08. The van der Waals surface area contributed by atoms with E-state index in [4.69, 9.17) is 5.73 Å². The third-order valence-corrected chi connectivity index (χ3v) is 4.86. The molecule has 3 aromatic carbocycles. The largest absolute Gasteiger partial charge is 0.382 e. The van der Waals surface area contributed by atoms with Crippen LogP contribution in [-0.4, -0.2) is 16.2 Å². The van der Waals surface area contributed by atoms with Crippen molar-refractivity contribution in [3.05, 3.63) is 91.7 Å². The lowest BCUT2D eigenvalue weighted by atomic mass is 9.95. The van der Waals surface area contributed by atoms with Crippen LogP contribution in [0, 0.1) is 0 Å². The first-order valence-corrected chi connectivity index (χ1v) is 10.4. The van der Waals surface area contributed by atoms with E-state index in [1.165, 1.54) is 0 Å². The molecule has 1 heterocycles. The molecule has 0 bridgehead atoms. The molecule has 4 aromatic rings. The summed E-state index contributed by atoms with van der Waals surface area (Å²) in [5, 5.41) is 15.5. The molecular weight excluding hydrogens is 398 g/mol. The zero-order chi connectivity index (χ0) is 23.1. The van der Waals surface area contributed by atoms with E-state index in [1.807, 2.05) is 68.4 Å². The smallest absolute Gasteiger partial charge is 0.323 e. The van der Waals surface area contributed by atoms with Crippen LogP contribution in [0.3, 0.4) is 0 Å². The van der Waals surface area contributed by atoms with Crippen molar-refractivity contribution >= 4 is 39.2 Å². The van der Waals surface area contributed by atoms with Gasteiger partial charge >= 0.3 is 6.03 Å². The van der Waals surface area contributed by atoms with Gasteiger partial charge < -0.3 is 16.4 Å². The van der Waals surface area contributed by atoms with E-state index in [0.717, 1.165) is 32.8 Å². The van der Waals surface area contributed by atoms with Crippen molar-refractivity contribution in [2.45, 2.75) is 13.8 Å². The third-order valence-electron chi connectivity index (χ3n) is 4.86. The van der Waals surface area contributed by atoms with Crippen LogP contribution in [0.5, 0.6) is 0 Å². The topological polar surface area (TPSA) is 95.8 Å². The molecule has 0 spiro atoms. The molecule has 32 heavy (non-hydrogen) atoms. The number of fused-ring (bicyclic) bond motifs is 2. The van der Waals surface area contributed by atoms with Gasteiger partial charge in [-0.3, -0.25) is 5.10 Å². The number of allylic oxidation sites excluding steroid dienone is 3. The van der Waals surface area contributed by atoms with Crippen LogP contribution in [0.25, 0.3) is 32.8 Å². The summed E-state index contributed by atoms with van der Waals surface area (Å²) in [7, 11) is 0. The standard InChI is InChI=1S/C24H21N5O.C2H6/c1-3-8-15(4-2)26-24(30)27-20-14-13-17(16-9-5-6-10-18(16)20)19-11-7-12-21-22(19)23(25)29-28-21;1-2/h3-14H,1-2H2,(H3,25,28,29)(H2,26,27,30);1-2H3/b15-8+;. The first-order chi connectivity index (χ1) is 15.6. The predicted molar refractivity (Wildman–Crippen MR) is 135 cm³/mol. The number of urea groups is 1. The Hall–Kier alpha value is -4.32. The van der Waals surface area contributed by atoms with Crippen LogP contribution < -0.4 is 16.4 Å². The van der Waals surface area contributed by atoms with Crippen LogP contribution >= 0.6 is 0 Å². The Morgan fingerprint density at radius 1 is 1.00 bits per heavy atom. The van der Waals surface area contributed by atoms with Gasteiger partial charge in [0.25, 0.3) is 0 Å². The van der Waals surface area contributed by atoms with Gasteiger partial charge in [-0.15, -0.1) is 0 Å². The highest BCUT2D eigenvalue weighted by molar-refractivity contribution is 6.12. The summed E-state index contributed by atoms with van der Waals surface area (Å²) < 4.78 is 0. The van der Waals surface area contributed by atoms with Gasteiger partial charge in [0, 0.05) is 11.1 Å². The number of nitrogens with zero attached hydrogens (tertiary/aromatic N) is 1. The first-order valence-electron chi connectivity index (χ1n) is 10.4. The molecule has 0 aliphatic carbocycles. The minimum absolute atomic E-state index is 0.359. The summed E-state index contributed by atoms with van der Waals surface area (Å²) in [5.41, 5.74) is 10.2. The molecule has 0 aliphatic heterocycles. The molecule has 0 saturated heterocycles. The van der Waals surface area contributed by atoms with Gasteiger partial charge in [0.15, 0.2) is 5.82 Å². The van der Waals surface area contributed by atoms with Gasteiger partial charge in [-0.25, -0.2) is 4.79 Å². The maximum Gasteiger partial charge on any atom is 0.323 e. The summed E-state index contributed by atoms with van der Waals surface area (Å²) >= 11 is 0. The van der Waals surface area contributed by atoms with Gasteiger partial charge in [-0.05, 0) is 40.8 Å². The Labute approximate surface area is 187 Å². The molecule has 0 radical (unpaired) electrons. The van der Waals surface area contributed by atoms with E-state index in [9.17, 15) is 4.79 Å². The van der Waals surface area contributed by atoms with E-state index < -0.39 is 0 Å². The van der Waals surface area contributed by atoms with E-state index in [0.29, 0.717) is 17.2 Å². The molecule has 5 N–H and O–H groups in total. The van der Waals surface area contributed by atoms with Gasteiger partial charge in [0.2, 0.25) is 0 Å². The average molecular weight is 426 g/mol. The maximum atomic E-state index is 12.5. The van der Waals surface area contributed by atoms with E-state index in [-0.39, 0.29) is 6.03 Å². The fraction of sp³-hybridized carbons (Fsp3) is 0.0769. The zero-order valence-corrected chi connectivity index (χ0v) is 18.3. The number of nitrogen functional groups attached to an aromatic ring is 1. The Bertz CT molecular complexity index is 1320. The third kappa shape index (κ3) is 4.39. The van der Waals surface area contributed by atoms with Gasteiger partial charge in [-0.2, -0.15) is 5.10 Å². The molecule has 0 fully saturated rings. The quantitative estimate of drug-likeness (QED) is 0.280. The van der Waals surface area contributed by atoms with Gasteiger partial charge in [-0.1, -0.05) is 75.5 Å². The highest BCUT2D eigenvalue weighted by atomic mass is 16.2. The normalized spacial score (nSPS) is 10.9. The molecule has 6 heteroatoms. The molecule has 162 valence electrons. The SMILES string of the molecule is C=C/C=C(\C=C)NC(=O)Nc1ccc(-c2cccc3[nH]nc(N)c23)c2ccccc12.CC. The molecule has 0 atom stereocenters. The molecule has 2 amide bonds. The number of benzene rings is 3. The predicted octanol–water partition coefficient (Wildman–Crippen LogP) is 6.37. The summed E-state index contributed by atoms with van der Waals surface area (Å²) in [6, 6.07) is 17.3. The lowest BCUT2D eigenvalue weighted by Crippen LogP contribution is -2.27. The van der Waals surface area contributed by atoms with E-state index >= 15 is 0 Å². The fourth-order valence-electron chi connectivity index (χ4n) is 3.54. The van der Waals surface area contributed by atoms with E-state index in [2.05, 4.69) is 34.0 Å². The van der Waals surface area contributed by atoms with Crippen molar-refractivity contribution < 1.29 is 4.79 Å². The summed E-state index contributed by atoms with van der Waals surface area (Å²) in [6.07, 6.45) is 4.81. The average Bonchev–Trinajstić information content (AvgIpc) is 3.21. The molecule has 4 rings (SSSR count). The number of H-pyrrole nitrogens is 1. The summed E-state index contributed by atoms with van der Waals surface area (Å²) in [6.45, 7) is 11.3.